The summed E-state index contributed by atoms with van der Waals surface area (Å²) >= 11 is 0. The number of carbonyl (C=O) groups is 2. The fourth-order valence-corrected chi connectivity index (χ4v) is 4.54. The summed E-state index contributed by atoms with van der Waals surface area (Å²) in [6, 6.07) is 7.39. The number of methoxy groups -OCH3 is 1. The highest BCUT2D eigenvalue weighted by Crippen LogP contribution is 2.40. The van der Waals surface area contributed by atoms with Gasteiger partial charge >= 0.3 is 0 Å². The van der Waals surface area contributed by atoms with E-state index < -0.39 is 11.5 Å². The minimum atomic E-state index is -0.514. The van der Waals surface area contributed by atoms with Crippen molar-refractivity contribution in [3.05, 3.63) is 57.8 Å². The lowest BCUT2D eigenvalue weighted by Crippen LogP contribution is -2.35. The Balaban J connectivity index is 1.46. The summed E-state index contributed by atoms with van der Waals surface area (Å²) in [7, 11) is 1.59. The predicted octanol–water partition coefficient (Wildman–Crippen LogP) is 1.61. The van der Waals surface area contributed by atoms with Crippen LogP contribution in [0, 0.1) is 11.3 Å². The van der Waals surface area contributed by atoms with Crippen molar-refractivity contribution in [1.29, 1.82) is 0 Å². The van der Waals surface area contributed by atoms with Crippen LogP contribution in [0.3, 0.4) is 0 Å². The Morgan fingerprint density at radius 1 is 1.29 bits per heavy atom. The third-order valence-electron chi connectivity index (χ3n) is 6.19. The molecule has 1 N–H and O–H groups in total. The molecule has 0 aliphatic carbocycles. The lowest BCUT2D eigenvalue weighted by Gasteiger charge is -2.24. The number of carbonyl (C=O) groups excluding carboxylic acids is 2. The molecule has 1 aromatic carbocycles. The number of aromatic nitrogens is 2. The number of ether oxygens (including phenoxy) is 1. The highest BCUT2D eigenvalue weighted by molar-refractivity contribution is 5.93. The van der Waals surface area contributed by atoms with E-state index in [-0.39, 0.29) is 29.3 Å². The molecule has 4 rings (SSSR count). The van der Waals surface area contributed by atoms with E-state index >= 15 is 0 Å². The van der Waals surface area contributed by atoms with Gasteiger partial charge in [-0.1, -0.05) is 26.0 Å². The molecule has 1 atom stereocenters. The van der Waals surface area contributed by atoms with E-state index in [0.717, 1.165) is 18.5 Å². The van der Waals surface area contributed by atoms with Crippen molar-refractivity contribution in [2.75, 3.05) is 20.2 Å². The molecule has 2 aromatic rings. The third-order valence-corrected chi connectivity index (χ3v) is 6.19. The van der Waals surface area contributed by atoms with Crippen LogP contribution >= 0.6 is 0 Å². The first-order valence-electron chi connectivity index (χ1n) is 10.6. The smallest absolute Gasteiger partial charge is 0.285 e. The average molecular weight is 425 g/mol. The molecule has 2 aliphatic rings. The summed E-state index contributed by atoms with van der Waals surface area (Å²) in [5.41, 5.74) is 0.297. The number of nitrogens with zero attached hydrogens (tertiary/aromatic N) is 3. The van der Waals surface area contributed by atoms with Crippen LogP contribution in [-0.4, -0.2) is 46.5 Å². The topological polar surface area (TPSA) is 93.5 Å². The Morgan fingerprint density at radius 3 is 2.84 bits per heavy atom. The summed E-state index contributed by atoms with van der Waals surface area (Å²) < 4.78 is 7.10. The Morgan fingerprint density at radius 2 is 2.10 bits per heavy atom. The Kier molecular flexibility index (Phi) is 5.56. The molecule has 3 heterocycles. The third kappa shape index (κ3) is 4.19. The zero-order chi connectivity index (χ0) is 22.2. The molecule has 2 amide bonds. The molecular weight excluding hydrogens is 396 g/mol. The maximum absolute atomic E-state index is 12.7. The summed E-state index contributed by atoms with van der Waals surface area (Å²) in [5.74, 6) is 1.08. The van der Waals surface area contributed by atoms with E-state index in [9.17, 15) is 14.4 Å². The predicted molar refractivity (Wildman–Crippen MR) is 115 cm³/mol. The molecule has 0 radical (unpaired) electrons. The number of nitrogens with one attached hydrogen (secondary N) is 1. The first-order valence-corrected chi connectivity index (χ1v) is 10.6. The molecule has 8 nitrogen and oxygen atoms in total. The molecule has 31 heavy (non-hydrogen) atoms. The van der Waals surface area contributed by atoms with E-state index in [0.29, 0.717) is 31.1 Å². The number of rotatable bonds is 5. The molecule has 1 spiro atoms. The highest BCUT2D eigenvalue weighted by atomic mass is 16.5. The van der Waals surface area contributed by atoms with Gasteiger partial charge in [-0.2, -0.15) is 4.98 Å². The van der Waals surface area contributed by atoms with Gasteiger partial charge in [-0.15, -0.1) is 0 Å². The number of fused-ring (bicyclic) bond motifs is 1. The summed E-state index contributed by atoms with van der Waals surface area (Å²) in [5, 5.41) is 2.79. The van der Waals surface area contributed by atoms with Gasteiger partial charge in [0.2, 0.25) is 5.91 Å². The molecule has 1 aromatic heterocycles. The Hall–Kier alpha value is -3.16. The molecular formula is C23H28N4O4. The molecule has 8 heteroatoms. The number of likely N-dealkylation sites (tertiary alicyclic amines) is 1. The maximum atomic E-state index is 12.7. The fraction of sp³-hybridized carbons (Fsp3) is 0.478. The number of amides is 2. The molecule has 2 aliphatic heterocycles. The van der Waals surface area contributed by atoms with Gasteiger partial charge in [-0.3, -0.25) is 14.4 Å². The monoisotopic (exact) mass is 424 g/mol. The van der Waals surface area contributed by atoms with Gasteiger partial charge in [-0.05, 0) is 24.1 Å². The van der Waals surface area contributed by atoms with Gasteiger partial charge in [0, 0.05) is 50.1 Å². The largest absolute Gasteiger partial charge is 0.497 e. The molecule has 164 valence electrons. The molecule has 0 saturated carbocycles. The first kappa shape index (κ1) is 21.1. The normalized spacial score (nSPS) is 19.7. The van der Waals surface area contributed by atoms with Gasteiger partial charge in [-0.25, -0.2) is 0 Å². The number of benzene rings is 1. The zero-order valence-electron chi connectivity index (χ0n) is 18.2. The second-order valence-electron chi connectivity index (χ2n) is 8.88. The SMILES string of the molecule is COc1cccc(CNC(=O)c2cn3c(nc2=O)C[C@]2(CCN(C(=O)C(C)C)C2)C3)c1. The molecule has 1 fully saturated rings. The van der Waals surface area contributed by atoms with Gasteiger partial charge in [0.1, 0.15) is 17.1 Å². The summed E-state index contributed by atoms with van der Waals surface area (Å²) in [4.78, 5) is 43.7. The first-order chi connectivity index (χ1) is 14.8. The second kappa shape index (κ2) is 8.17. The van der Waals surface area contributed by atoms with E-state index in [1.54, 1.807) is 13.3 Å². The molecule has 1 saturated heterocycles. The minimum absolute atomic E-state index is 0.0298. The van der Waals surface area contributed by atoms with Crippen LogP contribution in [0.5, 0.6) is 5.75 Å². The van der Waals surface area contributed by atoms with Crippen LogP contribution in [-0.2, 0) is 24.3 Å². The van der Waals surface area contributed by atoms with E-state index in [2.05, 4.69) is 10.3 Å². The van der Waals surface area contributed by atoms with Crippen molar-refractivity contribution >= 4 is 11.8 Å². The van der Waals surface area contributed by atoms with Crippen LogP contribution in [0.15, 0.2) is 35.3 Å². The fourth-order valence-electron chi connectivity index (χ4n) is 4.54. The lowest BCUT2D eigenvalue weighted by atomic mass is 9.86. The average Bonchev–Trinajstić information content (AvgIpc) is 3.33. The minimum Gasteiger partial charge on any atom is -0.497 e. The Bertz CT molecular complexity index is 1080. The van der Waals surface area contributed by atoms with Gasteiger partial charge in [0.25, 0.3) is 11.5 Å². The summed E-state index contributed by atoms with van der Waals surface area (Å²) in [6.07, 6.45) is 3.14. The van der Waals surface area contributed by atoms with Crippen molar-refractivity contribution in [1.82, 2.24) is 19.8 Å². The van der Waals surface area contributed by atoms with Crippen molar-refractivity contribution < 1.29 is 14.3 Å². The van der Waals surface area contributed by atoms with Crippen molar-refractivity contribution in [3.8, 4) is 5.75 Å². The van der Waals surface area contributed by atoms with Gasteiger partial charge in [0.15, 0.2) is 0 Å². The van der Waals surface area contributed by atoms with E-state index in [1.165, 1.54) is 0 Å². The van der Waals surface area contributed by atoms with Crippen molar-refractivity contribution in [2.45, 2.75) is 39.8 Å². The van der Waals surface area contributed by atoms with Gasteiger partial charge in [0.05, 0.1) is 7.11 Å². The van der Waals surface area contributed by atoms with E-state index in [4.69, 9.17) is 4.74 Å². The highest BCUT2D eigenvalue weighted by Gasteiger charge is 2.45. The number of hydrogen-bond acceptors (Lipinski definition) is 5. The van der Waals surface area contributed by atoms with E-state index in [1.807, 2.05) is 47.6 Å². The van der Waals surface area contributed by atoms with Crippen molar-refractivity contribution in [2.24, 2.45) is 11.3 Å². The van der Waals surface area contributed by atoms with Gasteiger partial charge < -0.3 is 19.5 Å². The standard InChI is InChI=1S/C23H28N4O4/c1-15(2)22(30)26-8-7-23(13-26)10-19-25-21(29)18(12-27(19)14-23)20(28)24-11-16-5-4-6-17(9-16)31-3/h4-6,9,12,15H,7-8,10-11,13-14H2,1-3H3,(H,24,28)/t23-/m0/s1. The maximum Gasteiger partial charge on any atom is 0.285 e. The quantitative estimate of drug-likeness (QED) is 0.787. The van der Waals surface area contributed by atoms with Crippen LogP contribution < -0.4 is 15.6 Å². The summed E-state index contributed by atoms with van der Waals surface area (Å²) in [6.45, 7) is 6.16. The lowest BCUT2D eigenvalue weighted by molar-refractivity contribution is -0.133. The number of hydrogen-bond donors (Lipinski definition) is 1. The zero-order valence-corrected chi connectivity index (χ0v) is 18.2. The van der Waals surface area contributed by atoms with Crippen LogP contribution in [0.2, 0.25) is 0 Å². The van der Waals surface area contributed by atoms with Crippen LogP contribution in [0.4, 0.5) is 0 Å². The van der Waals surface area contributed by atoms with Crippen LogP contribution in [0.1, 0.15) is 42.0 Å². The molecule has 0 unspecified atom stereocenters. The Labute approximate surface area is 181 Å². The molecule has 0 bridgehead atoms. The second-order valence-corrected chi connectivity index (χ2v) is 8.88. The van der Waals surface area contributed by atoms with Crippen molar-refractivity contribution in [3.63, 3.8) is 0 Å². The van der Waals surface area contributed by atoms with Crippen LogP contribution in [0.25, 0.3) is 0 Å².